The van der Waals surface area contributed by atoms with Crippen LogP contribution in [0.25, 0.3) is 10.4 Å². The molecule has 4 rings (SSSR count). The maximum Gasteiger partial charge on any atom is 0.306 e. The van der Waals surface area contributed by atoms with Gasteiger partial charge in [-0.1, -0.05) is 12.1 Å². The van der Waals surface area contributed by atoms with Crippen molar-refractivity contribution in [1.82, 2.24) is 15.0 Å². The van der Waals surface area contributed by atoms with Crippen molar-refractivity contribution in [3.63, 3.8) is 0 Å². The molecule has 1 aromatic carbocycles. The van der Waals surface area contributed by atoms with Gasteiger partial charge in [-0.15, -0.1) is 11.3 Å². The maximum absolute atomic E-state index is 11.2. The van der Waals surface area contributed by atoms with Crippen LogP contribution in [-0.2, 0) is 10.4 Å². The minimum atomic E-state index is -1.07. The number of aryl methyl sites for hydroxylation is 1. The lowest BCUT2D eigenvalue weighted by Gasteiger charge is -2.35. The molecule has 2 aromatic heterocycles. The number of aliphatic carboxylic acids is 1. The van der Waals surface area contributed by atoms with E-state index in [1.807, 2.05) is 37.3 Å². The number of aliphatic hydroxyl groups is 1. The van der Waals surface area contributed by atoms with Crippen molar-refractivity contribution in [2.75, 3.05) is 5.32 Å². The number of nitrogens with zero attached hydrogens (tertiary/aromatic N) is 3. The summed E-state index contributed by atoms with van der Waals surface area (Å²) in [7, 11) is 0. The van der Waals surface area contributed by atoms with E-state index in [0.717, 1.165) is 21.8 Å². The van der Waals surface area contributed by atoms with Gasteiger partial charge in [0.25, 0.3) is 0 Å². The fourth-order valence-electron chi connectivity index (χ4n) is 4.11. The summed E-state index contributed by atoms with van der Waals surface area (Å²) >= 11 is 1.47. The first kappa shape index (κ1) is 21.4. The Bertz CT molecular complexity index is 1070. The molecule has 1 unspecified atom stereocenters. The fourth-order valence-corrected chi connectivity index (χ4v) is 5.14. The number of carbonyl (C=O) groups is 1. The topological polar surface area (TPSA) is 108 Å². The number of nitrogens with one attached hydrogen (secondary N) is 1. The van der Waals surface area contributed by atoms with Gasteiger partial charge in [0.1, 0.15) is 10.6 Å². The number of carboxylic acids is 1. The van der Waals surface area contributed by atoms with E-state index in [0.29, 0.717) is 36.6 Å². The van der Waals surface area contributed by atoms with E-state index in [-0.39, 0.29) is 11.8 Å². The number of carboxylic acid groups (broad SMARTS) is 1. The van der Waals surface area contributed by atoms with Crippen molar-refractivity contribution in [2.24, 2.45) is 11.8 Å². The Labute approximate surface area is 185 Å². The van der Waals surface area contributed by atoms with Crippen LogP contribution in [0.15, 0.2) is 42.7 Å². The van der Waals surface area contributed by atoms with Gasteiger partial charge in [0.15, 0.2) is 0 Å². The molecule has 1 saturated carbocycles. The number of hydrogen-bond donors (Lipinski definition) is 3. The van der Waals surface area contributed by atoms with Crippen LogP contribution in [0.5, 0.6) is 0 Å². The Morgan fingerprint density at radius 2 is 1.97 bits per heavy atom. The lowest BCUT2D eigenvalue weighted by molar-refractivity contribution is -0.144. The van der Waals surface area contributed by atoms with Crippen molar-refractivity contribution < 1.29 is 15.0 Å². The monoisotopic (exact) mass is 438 g/mol. The lowest BCUT2D eigenvalue weighted by atomic mass is 9.74. The van der Waals surface area contributed by atoms with E-state index in [2.05, 4.69) is 20.3 Å². The highest BCUT2D eigenvalue weighted by Gasteiger charge is 2.40. The van der Waals surface area contributed by atoms with Crippen LogP contribution >= 0.6 is 11.3 Å². The summed E-state index contributed by atoms with van der Waals surface area (Å²) in [6.45, 7) is 3.72. The molecule has 1 aliphatic carbocycles. The number of hydrogen-bond acceptors (Lipinski definition) is 7. The van der Waals surface area contributed by atoms with Crippen molar-refractivity contribution in [2.45, 2.75) is 45.1 Å². The summed E-state index contributed by atoms with van der Waals surface area (Å²) in [5.41, 5.74) is 1.68. The zero-order valence-electron chi connectivity index (χ0n) is 17.6. The molecule has 0 spiro atoms. The quantitative estimate of drug-likeness (QED) is 0.509. The zero-order valence-corrected chi connectivity index (χ0v) is 18.4. The summed E-state index contributed by atoms with van der Waals surface area (Å²) in [4.78, 5) is 25.3. The van der Waals surface area contributed by atoms with Gasteiger partial charge in [-0.05, 0) is 69.2 Å². The Kier molecular flexibility index (Phi) is 6.02. The first-order valence-electron chi connectivity index (χ1n) is 10.4. The highest BCUT2D eigenvalue weighted by Crippen LogP contribution is 2.43. The van der Waals surface area contributed by atoms with Crippen molar-refractivity contribution >= 4 is 28.9 Å². The average Bonchev–Trinajstić information content (AvgIpc) is 3.25. The van der Waals surface area contributed by atoms with Crippen molar-refractivity contribution in [1.29, 1.82) is 0 Å². The van der Waals surface area contributed by atoms with E-state index in [4.69, 9.17) is 0 Å². The normalized spacial score (nSPS) is 20.7. The summed E-state index contributed by atoms with van der Waals surface area (Å²) in [5, 5.41) is 24.3. The molecule has 3 N–H and O–H groups in total. The van der Waals surface area contributed by atoms with E-state index in [1.54, 1.807) is 19.3 Å². The van der Waals surface area contributed by atoms with Gasteiger partial charge in [0, 0.05) is 23.8 Å². The molecule has 0 aliphatic heterocycles. The minimum absolute atomic E-state index is 0.00794. The van der Waals surface area contributed by atoms with Crippen LogP contribution in [0, 0.1) is 18.8 Å². The number of thiazole rings is 1. The van der Waals surface area contributed by atoms with Gasteiger partial charge < -0.3 is 15.5 Å². The SMILES string of the molecule is Cc1ccnc(Nc2cccc(-c3cnc(C(C)(O)C4CCC(C(=O)O)CC4)s3)c2)n1. The van der Waals surface area contributed by atoms with E-state index < -0.39 is 11.6 Å². The first-order valence-corrected chi connectivity index (χ1v) is 11.2. The molecular weight excluding hydrogens is 412 g/mol. The molecule has 1 atom stereocenters. The predicted molar refractivity (Wildman–Crippen MR) is 120 cm³/mol. The lowest BCUT2D eigenvalue weighted by Crippen LogP contribution is -2.35. The fraction of sp³-hybridized carbons (Fsp3) is 0.391. The smallest absolute Gasteiger partial charge is 0.306 e. The summed E-state index contributed by atoms with van der Waals surface area (Å²) < 4.78 is 0. The second-order valence-electron chi connectivity index (χ2n) is 8.29. The number of aromatic nitrogens is 3. The van der Waals surface area contributed by atoms with Gasteiger partial charge >= 0.3 is 5.97 Å². The number of anilines is 2. The Morgan fingerprint density at radius 3 is 2.68 bits per heavy atom. The third-order valence-corrected chi connectivity index (χ3v) is 7.28. The molecule has 0 radical (unpaired) electrons. The second-order valence-corrected chi connectivity index (χ2v) is 9.32. The molecule has 2 heterocycles. The largest absolute Gasteiger partial charge is 0.481 e. The van der Waals surface area contributed by atoms with Gasteiger partial charge in [0.2, 0.25) is 5.95 Å². The summed E-state index contributed by atoms with van der Waals surface area (Å²) in [6.07, 6.45) is 6.09. The molecule has 31 heavy (non-hydrogen) atoms. The van der Waals surface area contributed by atoms with Crippen LogP contribution < -0.4 is 5.32 Å². The van der Waals surface area contributed by atoms with Crippen molar-refractivity contribution in [3.8, 4) is 10.4 Å². The van der Waals surface area contributed by atoms with Crippen LogP contribution in [0.4, 0.5) is 11.6 Å². The molecule has 162 valence electrons. The highest BCUT2D eigenvalue weighted by molar-refractivity contribution is 7.15. The Hall–Kier alpha value is -2.84. The maximum atomic E-state index is 11.2. The molecule has 8 heteroatoms. The Morgan fingerprint density at radius 1 is 1.19 bits per heavy atom. The number of rotatable bonds is 6. The molecule has 7 nitrogen and oxygen atoms in total. The molecule has 3 aromatic rings. The summed E-state index contributed by atoms with van der Waals surface area (Å²) in [6, 6.07) is 9.77. The Balaban J connectivity index is 1.50. The zero-order chi connectivity index (χ0) is 22.0. The minimum Gasteiger partial charge on any atom is -0.481 e. The van der Waals surface area contributed by atoms with Gasteiger partial charge in [0.05, 0.1) is 10.8 Å². The summed E-state index contributed by atoms with van der Waals surface area (Å²) in [5.74, 6) is -0.485. The van der Waals surface area contributed by atoms with Crippen molar-refractivity contribution in [3.05, 3.63) is 53.4 Å². The van der Waals surface area contributed by atoms with Gasteiger partial charge in [-0.3, -0.25) is 4.79 Å². The molecule has 0 amide bonds. The average molecular weight is 439 g/mol. The van der Waals surface area contributed by atoms with Gasteiger partial charge in [-0.25, -0.2) is 15.0 Å². The predicted octanol–water partition coefficient (Wildman–Crippen LogP) is 4.75. The first-order chi connectivity index (χ1) is 14.8. The highest BCUT2D eigenvalue weighted by atomic mass is 32.1. The molecule has 0 bridgehead atoms. The third kappa shape index (κ3) is 4.75. The van der Waals surface area contributed by atoms with Crippen LogP contribution in [0.3, 0.4) is 0 Å². The molecule has 1 fully saturated rings. The third-order valence-electron chi connectivity index (χ3n) is 6.01. The van der Waals surface area contributed by atoms with E-state index in [1.165, 1.54) is 11.3 Å². The molecule has 0 saturated heterocycles. The van der Waals surface area contributed by atoms with Crippen LogP contribution in [0.2, 0.25) is 0 Å². The standard InChI is InChI=1S/C23H26N4O3S/c1-14-10-11-24-22(26-14)27-18-5-3-4-16(12-18)19-13-25-21(31-19)23(2,30)17-8-6-15(7-9-17)20(28)29/h3-5,10-13,15,17,30H,6-9H2,1-2H3,(H,28,29)(H,24,26,27). The van der Waals surface area contributed by atoms with E-state index >= 15 is 0 Å². The number of benzene rings is 1. The molecular formula is C23H26N4O3S. The van der Waals surface area contributed by atoms with Crippen LogP contribution in [0.1, 0.15) is 43.3 Å². The molecule has 1 aliphatic rings. The van der Waals surface area contributed by atoms with Gasteiger partial charge in [-0.2, -0.15) is 0 Å². The van der Waals surface area contributed by atoms with E-state index in [9.17, 15) is 15.0 Å². The van der Waals surface area contributed by atoms with Crippen LogP contribution in [-0.4, -0.2) is 31.1 Å². The second kappa shape index (κ2) is 8.72.